The van der Waals surface area contributed by atoms with E-state index in [0.29, 0.717) is 17.9 Å². The predicted octanol–water partition coefficient (Wildman–Crippen LogP) is 3.03. The minimum absolute atomic E-state index is 0.0457. The fraction of sp³-hybridized carbons (Fsp3) is 0.471. The molecule has 6 nitrogen and oxygen atoms in total. The predicted molar refractivity (Wildman–Crippen MR) is 87.9 cm³/mol. The first-order chi connectivity index (χ1) is 11.9. The van der Waals surface area contributed by atoms with E-state index in [1.807, 2.05) is 13.8 Å². The summed E-state index contributed by atoms with van der Waals surface area (Å²) in [6.45, 7) is 0.510. The lowest BCUT2D eigenvalue weighted by molar-refractivity contribution is -0.145. The summed E-state index contributed by atoms with van der Waals surface area (Å²) in [4.78, 5) is 27.3. The molecule has 0 saturated carbocycles. The van der Waals surface area contributed by atoms with Gasteiger partial charge in [-0.2, -0.15) is 8.78 Å². The van der Waals surface area contributed by atoms with Crippen LogP contribution in [0.2, 0.25) is 0 Å². The standard InChI is InChI=1S/C17H21F2N3O3/c1-11(2)7-8-15(23)20-9-16(24)25-10-14-21-12-5-3-4-6-13(12)22(14)17(18)19/h3-6,11,17H,7-10H2,1-2H3,(H,20,23). The van der Waals surface area contributed by atoms with Gasteiger partial charge < -0.3 is 10.1 Å². The molecule has 1 N–H and O–H groups in total. The largest absolute Gasteiger partial charge is 0.456 e. The summed E-state index contributed by atoms with van der Waals surface area (Å²) in [5, 5.41) is 2.45. The summed E-state index contributed by atoms with van der Waals surface area (Å²) < 4.78 is 32.2. The molecule has 1 heterocycles. The van der Waals surface area contributed by atoms with Gasteiger partial charge in [-0.15, -0.1) is 0 Å². The first-order valence-corrected chi connectivity index (χ1v) is 8.04. The Bertz CT molecular complexity index is 744. The molecule has 1 amide bonds. The second kappa shape index (κ2) is 8.55. The van der Waals surface area contributed by atoms with E-state index in [1.165, 1.54) is 6.07 Å². The van der Waals surface area contributed by atoms with Crippen LogP contribution in [0.15, 0.2) is 24.3 Å². The highest BCUT2D eigenvalue weighted by Crippen LogP contribution is 2.23. The second-order valence-corrected chi connectivity index (χ2v) is 6.03. The SMILES string of the molecule is CC(C)CCC(=O)NCC(=O)OCc1nc2ccccc2n1C(F)F. The second-order valence-electron chi connectivity index (χ2n) is 6.03. The quantitative estimate of drug-likeness (QED) is 0.741. The van der Waals surface area contributed by atoms with Crippen LogP contribution in [0.1, 0.15) is 39.1 Å². The van der Waals surface area contributed by atoms with Gasteiger partial charge in [0.25, 0.3) is 0 Å². The summed E-state index contributed by atoms with van der Waals surface area (Å²) in [5.41, 5.74) is 0.668. The average molecular weight is 353 g/mol. The minimum atomic E-state index is -2.79. The Morgan fingerprint density at radius 3 is 2.68 bits per heavy atom. The van der Waals surface area contributed by atoms with Crippen LogP contribution < -0.4 is 5.32 Å². The number of amides is 1. The highest BCUT2D eigenvalue weighted by Gasteiger charge is 2.18. The fourth-order valence-electron chi connectivity index (χ4n) is 2.29. The van der Waals surface area contributed by atoms with Crippen molar-refractivity contribution in [3.05, 3.63) is 30.1 Å². The molecular weight excluding hydrogens is 332 g/mol. The Morgan fingerprint density at radius 1 is 1.28 bits per heavy atom. The van der Waals surface area contributed by atoms with Crippen molar-refractivity contribution < 1.29 is 23.1 Å². The van der Waals surface area contributed by atoms with Crippen molar-refractivity contribution in [2.75, 3.05) is 6.54 Å². The molecule has 0 aliphatic heterocycles. The number of hydrogen-bond donors (Lipinski definition) is 1. The number of nitrogens with zero attached hydrogens (tertiary/aromatic N) is 2. The van der Waals surface area contributed by atoms with Crippen molar-refractivity contribution in [2.24, 2.45) is 5.92 Å². The van der Waals surface area contributed by atoms with Crippen LogP contribution >= 0.6 is 0 Å². The van der Waals surface area contributed by atoms with Crippen LogP contribution in [0.25, 0.3) is 11.0 Å². The number of ether oxygens (including phenoxy) is 1. The number of fused-ring (bicyclic) bond motifs is 1. The maximum absolute atomic E-state index is 13.2. The zero-order valence-electron chi connectivity index (χ0n) is 14.2. The fourth-order valence-corrected chi connectivity index (χ4v) is 2.29. The molecule has 25 heavy (non-hydrogen) atoms. The molecule has 2 rings (SSSR count). The summed E-state index contributed by atoms with van der Waals surface area (Å²) >= 11 is 0. The lowest BCUT2D eigenvalue weighted by Gasteiger charge is -2.09. The van der Waals surface area contributed by atoms with Gasteiger partial charge in [-0.1, -0.05) is 26.0 Å². The smallest absolute Gasteiger partial charge is 0.325 e. The van der Waals surface area contributed by atoms with E-state index in [9.17, 15) is 18.4 Å². The van der Waals surface area contributed by atoms with Crippen molar-refractivity contribution in [1.29, 1.82) is 0 Å². The van der Waals surface area contributed by atoms with Crippen LogP contribution in [0.5, 0.6) is 0 Å². The van der Waals surface area contributed by atoms with Crippen molar-refractivity contribution in [1.82, 2.24) is 14.9 Å². The normalized spacial score (nSPS) is 11.3. The molecule has 0 unspecified atom stereocenters. The molecule has 0 bridgehead atoms. The van der Waals surface area contributed by atoms with Crippen molar-refractivity contribution >= 4 is 22.9 Å². The Labute approximate surface area is 144 Å². The molecule has 0 aliphatic rings. The van der Waals surface area contributed by atoms with E-state index >= 15 is 0 Å². The number of carbonyl (C=O) groups excluding carboxylic acids is 2. The zero-order valence-corrected chi connectivity index (χ0v) is 14.2. The molecule has 0 fully saturated rings. The van der Waals surface area contributed by atoms with Gasteiger partial charge in [0.05, 0.1) is 11.0 Å². The van der Waals surface area contributed by atoms with E-state index < -0.39 is 12.5 Å². The molecular formula is C17H21F2N3O3. The molecule has 0 aliphatic carbocycles. The molecule has 1 aromatic heterocycles. The number of halogens is 2. The minimum Gasteiger partial charge on any atom is -0.456 e. The van der Waals surface area contributed by atoms with Crippen LogP contribution in [-0.4, -0.2) is 28.0 Å². The monoisotopic (exact) mass is 353 g/mol. The molecule has 0 radical (unpaired) electrons. The summed E-state index contributed by atoms with van der Waals surface area (Å²) in [6, 6.07) is 6.45. The number of hydrogen-bond acceptors (Lipinski definition) is 4. The van der Waals surface area contributed by atoms with Crippen molar-refractivity contribution in [3.8, 4) is 0 Å². The van der Waals surface area contributed by atoms with E-state index in [4.69, 9.17) is 4.74 Å². The summed E-state index contributed by atoms with van der Waals surface area (Å²) in [6.07, 6.45) is 1.05. The van der Waals surface area contributed by atoms with Gasteiger partial charge in [-0.3, -0.25) is 14.2 Å². The van der Waals surface area contributed by atoms with E-state index in [2.05, 4.69) is 10.3 Å². The Hall–Kier alpha value is -2.51. The van der Waals surface area contributed by atoms with E-state index in [0.717, 1.165) is 11.0 Å². The number of alkyl halides is 2. The molecule has 1 aromatic carbocycles. The molecule has 0 atom stereocenters. The number of rotatable bonds is 8. The maximum atomic E-state index is 13.2. The molecule has 0 saturated heterocycles. The van der Waals surface area contributed by atoms with E-state index in [-0.39, 0.29) is 30.4 Å². The van der Waals surface area contributed by atoms with E-state index in [1.54, 1.807) is 18.2 Å². The molecule has 0 spiro atoms. The third-order valence-corrected chi connectivity index (χ3v) is 3.60. The van der Waals surface area contributed by atoms with Crippen LogP contribution in [0, 0.1) is 5.92 Å². The lowest BCUT2D eigenvalue weighted by atomic mass is 10.1. The highest BCUT2D eigenvalue weighted by molar-refractivity contribution is 5.82. The van der Waals surface area contributed by atoms with Crippen molar-refractivity contribution in [2.45, 2.75) is 39.8 Å². The Morgan fingerprint density at radius 2 is 2.00 bits per heavy atom. The third kappa shape index (κ3) is 5.23. The maximum Gasteiger partial charge on any atom is 0.325 e. The average Bonchev–Trinajstić information content (AvgIpc) is 2.94. The van der Waals surface area contributed by atoms with Gasteiger partial charge in [0.1, 0.15) is 13.2 Å². The lowest BCUT2D eigenvalue weighted by Crippen LogP contribution is -2.30. The van der Waals surface area contributed by atoms with Gasteiger partial charge in [0.15, 0.2) is 5.82 Å². The number of esters is 1. The number of para-hydroxylation sites is 2. The summed E-state index contributed by atoms with van der Waals surface area (Å²) in [5.74, 6) is -0.605. The van der Waals surface area contributed by atoms with Gasteiger partial charge in [0, 0.05) is 6.42 Å². The Kier molecular flexibility index (Phi) is 6.44. The van der Waals surface area contributed by atoms with Gasteiger partial charge in [-0.05, 0) is 24.5 Å². The van der Waals surface area contributed by atoms with Gasteiger partial charge >= 0.3 is 12.5 Å². The number of carbonyl (C=O) groups is 2. The van der Waals surface area contributed by atoms with Crippen LogP contribution in [0.3, 0.4) is 0 Å². The number of aromatic nitrogens is 2. The number of nitrogens with one attached hydrogen (secondary N) is 1. The topological polar surface area (TPSA) is 73.2 Å². The Balaban J connectivity index is 1.90. The third-order valence-electron chi connectivity index (χ3n) is 3.60. The molecule has 2 aromatic rings. The zero-order chi connectivity index (χ0) is 18.4. The first kappa shape index (κ1) is 18.8. The van der Waals surface area contributed by atoms with Gasteiger partial charge in [-0.25, -0.2) is 4.98 Å². The summed E-state index contributed by atoms with van der Waals surface area (Å²) in [7, 11) is 0. The number of benzene rings is 1. The van der Waals surface area contributed by atoms with Crippen LogP contribution in [0.4, 0.5) is 8.78 Å². The highest BCUT2D eigenvalue weighted by atomic mass is 19.3. The number of imidazole rings is 1. The van der Waals surface area contributed by atoms with Crippen molar-refractivity contribution in [3.63, 3.8) is 0 Å². The van der Waals surface area contributed by atoms with Crippen LogP contribution in [-0.2, 0) is 20.9 Å². The molecule has 8 heteroatoms. The first-order valence-electron chi connectivity index (χ1n) is 8.04. The molecule has 136 valence electrons. The van der Waals surface area contributed by atoms with Gasteiger partial charge in [0.2, 0.25) is 5.91 Å².